The Morgan fingerprint density at radius 3 is 1.13 bits per heavy atom. The predicted octanol–water partition coefficient (Wildman–Crippen LogP) is 14.3. The zero-order chi connectivity index (χ0) is 35.2. The molecular weight excluding hydrogens is 639 g/mol. The zero-order valence-corrected chi connectivity index (χ0v) is 30.2. The van der Waals surface area contributed by atoms with Crippen LogP contribution in [0.3, 0.4) is 0 Å². The van der Waals surface area contributed by atoms with E-state index in [0.717, 1.165) is 34.8 Å². The van der Waals surface area contributed by atoms with Crippen molar-refractivity contribution in [3.8, 4) is 44.5 Å². The highest BCUT2D eigenvalue weighted by atomic mass is 15.1. The molecule has 0 saturated heterocycles. The van der Waals surface area contributed by atoms with E-state index in [9.17, 15) is 0 Å². The van der Waals surface area contributed by atoms with Gasteiger partial charge in [-0.3, -0.25) is 0 Å². The third-order valence-corrected chi connectivity index (χ3v) is 12.7. The molecule has 4 fully saturated rings. The van der Waals surface area contributed by atoms with Gasteiger partial charge in [-0.05, 0) is 148 Å². The third kappa shape index (κ3) is 6.19. The van der Waals surface area contributed by atoms with Crippen molar-refractivity contribution in [3.05, 3.63) is 188 Å². The van der Waals surface area contributed by atoms with E-state index in [1.54, 1.807) is 5.56 Å². The van der Waals surface area contributed by atoms with E-state index in [-0.39, 0.29) is 0 Å². The maximum absolute atomic E-state index is 2.46. The first kappa shape index (κ1) is 32.0. The Hall–Kier alpha value is -5.66. The molecule has 258 valence electrons. The summed E-state index contributed by atoms with van der Waals surface area (Å²) in [5, 5.41) is 0. The second-order valence-electron chi connectivity index (χ2n) is 16.1. The number of rotatable bonds is 8. The van der Waals surface area contributed by atoms with Crippen LogP contribution in [0.4, 0.5) is 17.1 Å². The topological polar surface area (TPSA) is 3.24 Å². The SMILES string of the molecule is c1ccc(-c2ccc(N(c3ccc(-c4ccc(-c5ccc(C67CC8CC(CC(C8)C6)C7)cc5)cc4)cc3)c3cccc(-c4ccccc4)c3)cc2)cc1. The lowest BCUT2D eigenvalue weighted by Crippen LogP contribution is -2.48. The number of hydrogen-bond donors (Lipinski definition) is 0. The third-order valence-electron chi connectivity index (χ3n) is 12.7. The van der Waals surface area contributed by atoms with Crippen LogP contribution in [0.1, 0.15) is 44.1 Å². The second-order valence-corrected chi connectivity index (χ2v) is 16.1. The summed E-state index contributed by atoms with van der Waals surface area (Å²) >= 11 is 0. The molecule has 1 heteroatoms. The second kappa shape index (κ2) is 13.4. The van der Waals surface area contributed by atoms with Crippen molar-refractivity contribution in [3.63, 3.8) is 0 Å². The monoisotopic (exact) mass is 683 g/mol. The van der Waals surface area contributed by atoms with Gasteiger partial charge in [0, 0.05) is 17.1 Å². The van der Waals surface area contributed by atoms with Gasteiger partial charge < -0.3 is 4.90 Å². The van der Waals surface area contributed by atoms with Crippen LogP contribution in [-0.2, 0) is 5.41 Å². The number of benzene rings is 7. The van der Waals surface area contributed by atoms with Crippen molar-refractivity contribution in [1.82, 2.24) is 0 Å². The average molecular weight is 684 g/mol. The van der Waals surface area contributed by atoms with E-state index in [0.29, 0.717) is 5.41 Å². The van der Waals surface area contributed by atoms with Crippen LogP contribution in [0.15, 0.2) is 182 Å². The molecule has 11 rings (SSSR count). The Labute approximate surface area is 314 Å². The zero-order valence-electron chi connectivity index (χ0n) is 30.2. The van der Waals surface area contributed by atoms with Crippen molar-refractivity contribution >= 4 is 17.1 Å². The standard InChI is InChI=1S/C52H45N/c1-3-8-40(9-4-1)45-20-26-49(27-21-45)53(51-13-7-12-47(33-51)41-10-5-2-6-11-41)50-28-22-46(23-29-50)43-16-14-42(15-17-43)44-18-24-48(25-19-44)52-34-37-30-38(35-52)32-39(31-37)36-52/h1-29,33,37-39H,30-32,34-36H2. The molecule has 0 heterocycles. The summed E-state index contributed by atoms with van der Waals surface area (Å²) < 4.78 is 0. The van der Waals surface area contributed by atoms with Crippen LogP contribution in [0.25, 0.3) is 44.5 Å². The summed E-state index contributed by atoms with van der Waals surface area (Å²) in [5.74, 6) is 2.92. The molecule has 0 radical (unpaired) electrons. The summed E-state index contributed by atoms with van der Waals surface area (Å²) in [6, 6.07) is 66.9. The number of hydrogen-bond acceptors (Lipinski definition) is 1. The van der Waals surface area contributed by atoms with Gasteiger partial charge in [-0.2, -0.15) is 0 Å². The van der Waals surface area contributed by atoms with Crippen molar-refractivity contribution in [1.29, 1.82) is 0 Å². The van der Waals surface area contributed by atoms with Gasteiger partial charge in [-0.25, -0.2) is 0 Å². The molecule has 0 aromatic heterocycles. The molecule has 0 atom stereocenters. The minimum Gasteiger partial charge on any atom is -0.310 e. The molecule has 0 aliphatic heterocycles. The van der Waals surface area contributed by atoms with Crippen LogP contribution in [-0.4, -0.2) is 0 Å². The summed E-state index contributed by atoms with van der Waals surface area (Å²) in [4.78, 5) is 2.36. The lowest BCUT2D eigenvalue weighted by molar-refractivity contribution is -0.00518. The molecular formula is C52H45N. The van der Waals surface area contributed by atoms with Crippen LogP contribution in [0.2, 0.25) is 0 Å². The molecule has 0 amide bonds. The normalized spacial score (nSPS) is 21.4. The van der Waals surface area contributed by atoms with Crippen molar-refractivity contribution in [2.45, 2.75) is 43.9 Å². The van der Waals surface area contributed by atoms with Gasteiger partial charge in [0.25, 0.3) is 0 Å². The fourth-order valence-corrected chi connectivity index (χ4v) is 10.5. The van der Waals surface area contributed by atoms with Crippen molar-refractivity contribution < 1.29 is 0 Å². The molecule has 7 aromatic rings. The highest BCUT2D eigenvalue weighted by Gasteiger charge is 2.51. The van der Waals surface area contributed by atoms with Crippen LogP contribution >= 0.6 is 0 Å². The molecule has 53 heavy (non-hydrogen) atoms. The Morgan fingerprint density at radius 2 is 0.679 bits per heavy atom. The van der Waals surface area contributed by atoms with E-state index < -0.39 is 0 Å². The lowest BCUT2D eigenvalue weighted by Gasteiger charge is -2.57. The number of anilines is 3. The van der Waals surface area contributed by atoms with Gasteiger partial charge in [0.15, 0.2) is 0 Å². The Bertz CT molecular complexity index is 2280. The van der Waals surface area contributed by atoms with Gasteiger partial charge in [-0.1, -0.05) is 146 Å². The van der Waals surface area contributed by atoms with E-state index in [1.807, 2.05) is 0 Å². The fourth-order valence-electron chi connectivity index (χ4n) is 10.5. The van der Waals surface area contributed by atoms with Crippen molar-refractivity contribution in [2.24, 2.45) is 17.8 Å². The molecule has 4 saturated carbocycles. The summed E-state index contributed by atoms with van der Waals surface area (Å²) in [6.07, 6.45) is 8.75. The lowest BCUT2D eigenvalue weighted by atomic mass is 9.48. The van der Waals surface area contributed by atoms with Crippen molar-refractivity contribution in [2.75, 3.05) is 4.90 Å². The fraction of sp³-hybridized carbons (Fsp3) is 0.192. The van der Waals surface area contributed by atoms with E-state index in [4.69, 9.17) is 0 Å². The highest BCUT2D eigenvalue weighted by Crippen LogP contribution is 2.60. The summed E-state index contributed by atoms with van der Waals surface area (Å²) in [5.41, 5.74) is 15.3. The van der Waals surface area contributed by atoms with Crippen LogP contribution in [0, 0.1) is 17.8 Å². The minimum atomic E-state index is 0.454. The van der Waals surface area contributed by atoms with E-state index in [1.165, 1.54) is 83.0 Å². The van der Waals surface area contributed by atoms with Gasteiger partial charge in [-0.15, -0.1) is 0 Å². The quantitative estimate of drug-likeness (QED) is 0.154. The van der Waals surface area contributed by atoms with E-state index in [2.05, 4.69) is 187 Å². The maximum Gasteiger partial charge on any atom is 0.0467 e. The first-order chi connectivity index (χ1) is 26.2. The molecule has 0 N–H and O–H groups in total. The predicted molar refractivity (Wildman–Crippen MR) is 223 cm³/mol. The molecule has 7 aromatic carbocycles. The maximum atomic E-state index is 2.46. The molecule has 4 aliphatic carbocycles. The first-order valence-electron chi connectivity index (χ1n) is 19.6. The van der Waals surface area contributed by atoms with Crippen LogP contribution < -0.4 is 4.90 Å². The molecule has 4 bridgehead atoms. The Kier molecular flexibility index (Phi) is 8.09. The van der Waals surface area contributed by atoms with Gasteiger partial charge in [0.1, 0.15) is 0 Å². The highest BCUT2D eigenvalue weighted by molar-refractivity contribution is 5.82. The summed E-state index contributed by atoms with van der Waals surface area (Å²) in [7, 11) is 0. The average Bonchev–Trinajstić information content (AvgIpc) is 3.22. The first-order valence-corrected chi connectivity index (χ1v) is 19.6. The van der Waals surface area contributed by atoms with Crippen LogP contribution in [0.5, 0.6) is 0 Å². The number of nitrogens with zero attached hydrogens (tertiary/aromatic N) is 1. The van der Waals surface area contributed by atoms with E-state index >= 15 is 0 Å². The minimum absolute atomic E-state index is 0.454. The smallest absolute Gasteiger partial charge is 0.0467 e. The van der Waals surface area contributed by atoms with Gasteiger partial charge in [0.2, 0.25) is 0 Å². The molecule has 0 spiro atoms. The summed E-state index contributed by atoms with van der Waals surface area (Å²) in [6.45, 7) is 0. The van der Waals surface area contributed by atoms with Gasteiger partial charge in [0.05, 0.1) is 0 Å². The Balaban J connectivity index is 0.920. The van der Waals surface area contributed by atoms with Gasteiger partial charge >= 0.3 is 0 Å². The molecule has 4 aliphatic rings. The largest absolute Gasteiger partial charge is 0.310 e. The Morgan fingerprint density at radius 1 is 0.321 bits per heavy atom. The molecule has 1 nitrogen and oxygen atoms in total. The molecule has 0 unspecified atom stereocenters.